The van der Waals surface area contributed by atoms with E-state index in [9.17, 15) is 12.8 Å². The molecule has 6 nitrogen and oxygen atoms in total. The van der Waals surface area contributed by atoms with Gasteiger partial charge in [0.2, 0.25) is 21.7 Å². The highest BCUT2D eigenvalue weighted by Gasteiger charge is 2.45. The number of benzene rings is 3. The predicted octanol–water partition coefficient (Wildman–Crippen LogP) is 7.05. The van der Waals surface area contributed by atoms with Crippen molar-refractivity contribution >= 4 is 21.6 Å². The van der Waals surface area contributed by atoms with Gasteiger partial charge in [0, 0.05) is 17.2 Å². The zero-order valence-corrected chi connectivity index (χ0v) is 24.5. The Morgan fingerprint density at radius 2 is 1.81 bits per heavy atom. The van der Waals surface area contributed by atoms with Crippen molar-refractivity contribution in [3.63, 3.8) is 0 Å². The molecule has 5 rings (SSSR count). The van der Waals surface area contributed by atoms with Crippen molar-refractivity contribution in [2.24, 2.45) is 0 Å². The molecule has 0 spiro atoms. The molecule has 42 heavy (non-hydrogen) atoms. The fourth-order valence-corrected chi connectivity index (χ4v) is 6.50. The van der Waals surface area contributed by atoms with E-state index in [1.165, 1.54) is 18.4 Å². The number of halogens is 4. The molecule has 1 aliphatic rings. The standard InChI is InChI=1S/C31H30ClF3N2O4S/c1-2-42(38,39)37-22-12-13-31(16-22,30-36-23(17-32)19-41-30)15-21-8-10-26(33)25(14-21)24-9-11-27(34)28(35)29(24)40-18-20-6-4-3-5-7-20/h3-11,14,19,22,37H,2,12-13,15-18H2,1H3/t22-,31+/m0/s1. The lowest BCUT2D eigenvalue weighted by molar-refractivity contribution is 0.286. The Balaban J connectivity index is 1.50. The van der Waals surface area contributed by atoms with Crippen LogP contribution in [-0.4, -0.2) is 25.2 Å². The number of hydrogen-bond donors (Lipinski definition) is 1. The summed E-state index contributed by atoms with van der Waals surface area (Å²) in [6.45, 7) is 1.53. The molecule has 0 radical (unpaired) electrons. The molecule has 1 heterocycles. The molecule has 1 N–H and O–H groups in total. The average molecular weight is 619 g/mol. The summed E-state index contributed by atoms with van der Waals surface area (Å²) in [4.78, 5) is 4.56. The van der Waals surface area contributed by atoms with Crippen LogP contribution in [0, 0.1) is 17.5 Å². The minimum absolute atomic E-state index is 0.0409. The second-order valence-corrected chi connectivity index (χ2v) is 12.8. The highest BCUT2D eigenvalue weighted by atomic mass is 35.5. The van der Waals surface area contributed by atoms with Crippen LogP contribution in [0.15, 0.2) is 71.3 Å². The van der Waals surface area contributed by atoms with E-state index in [4.69, 9.17) is 20.8 Å². The first-order valence-electron chi connectivity index (χ1n) is 13.6. The van der Waals surface area contributed by atoms with E-state index >= 15 is 8.78 Å². The van der Waals surface area contributed by atoms with Crippen LogP contribution in [0.1, 0.15) is 48.9 Å². The number of sulfonamides is 1. The van der Waals surface area contributed by atoms with E-state index in [2.05, 4.69) is 9.71 Å². The van der Waals surface area contributed by atoms with Crippen molar-refractivity contribution in [2.45, 2.75) is 56.6 Å². The quantitative estimate of drug-likeness (QED) is 0.182. The summed E-state index contributed by atoms with van der Waals surface area (Å²) in [5, 5.41) is 0. The van der Waals surface area contributed by atoms with Gasteiger partial charge in [-0.1, -0.05) is 36.4 Å². The largest absolute Gasteiger partial charge is 0.485 e. The SMILES string of the molecule is CCS(=O)(=O)N[C@H]1CC[C@](Cc2ccc(F)c(-c3ccc(F)c(F)c3OCc3ccccc3)c2)(c2nc(CCl)co2)C1. The number of rotatable bonds is 11. The molecule has 0 bridgehead atoms. The number of ether oxygens (including phenoxy) is 1. The van der Waals surface area contributed by atoms with Crippen LogP contribution in [-0.2, 0) is 34.3 Å². The van der Waals surface area contributed by atoms with E-state index in [-0.39, 0.29) is 41.2 Å². The summed E-state index contributed by atoms with van der Waals surface area (Å²) in [5.41, 5.74) is 1.36. The summed E-state index contributed by atoms with van der Waals surface area (Å²) in [5.74, 6) is -2.82. The molecule has 1 aromatic heterocycles. The molecular formula is C31H30ClF3N2O4S. The van der Waals surface area contributed by atoms with Crippen LogP contribution in [0.4, 0.5) is 13.2 Å². The Morgan fingerprint density at radius 3 is 2.52 bits per heavy atom. The molecule has 2 atom stereocenters. The molecule has 0 unspecified atom stereocenters. The first-order chi connectivity index (χ1) is 20.1. The third-order valence-electron chi connectivity index (χ3n) is 7.62. The van der Waals surface area contributed by atoms with Gasteiger partial charge in [-0.05, 0) is 68.0 Å². The number of alkyl halides is 1. The third kappa shape index (κ3) is 6.50. The molecule has 222 valence electrons. The Kier molecular flexibility index (Phi) is 8.96. The number of oxazole rings is 1. The molecule has 1 aliphatic carbocycles. The van der Waals surface area contributed by atoms with Crippen LogP contribution in [0.25, 0.3) is 11.1 Å². The average Bonchev–Trinajstić information content (AvgIpc) is 3.63. The van der Waals surface area contributed by atoms with Crippen LogP contribution in [0.2, 0.25) is 0 Å². The lowest BCUT2D eigenvalue weighted by atomic mass is 9.79. The highest BCUT2D eigenvalue weighted by Crippen LogP contribution is 2.45. The molecule has 11 heteroatoms. The summed E-state index contributed by atoms with van der Waals surface area (Å²) < 4.78 is 83.5. The van der Waals surface area contributed by atoms with Gasteiger partial charge in [0.05, 0.1) is 22.7 Å². The van der Waals surface area contributed by atoms with Crippen molar-refractivity contribution in [1.82, 2.24) is 9.71 Å². The Labute approximate surface area is 247 Å². The Hall–Kier alpha value is -3.34. The summed E-state index contributed by atoms with van der Waals surface area (Å²) in [7, 11) is -3.45. The van der Waals surface area contributed by atoms with Gasteiger partial charge in [-0.2, -0.15) is 4.39 Å². The molecule has 0 saturated heterocycles. The minimum atomic E-state index is -3.45. The maximum atomic E-state index is 15.3. The van der Waals surface area contributed by atoms with Gasteiger partial charge in [-0.3, -0.25) is 0 Å². The van der Waals surface area contributed by atoms with E-state index in [1.807, 2.05) is 6.07 Å². The van der Waals surface area contributed by atoms with Crippen LogP contribution in [0.5, 0.6) is 5.75 Å². The van der Waals surface area contributed by atoms with Crippen molar-refractivity contribution in [3.8, 4) is 16.9 Å². The van der Waals surface area contributed by atoms with Gasteiger partial charge in [0.25, 0.3) is 0 Å². The van der Waals surface area contributed by atoms with Crippen LogP contribution >= 0.6 is 11.6 Å². The smallest absolute Gasteiger partial charge is 0.211 e. The van der Waals surface area contributed by atoms with Crippen molar-refractivity contribution in [3.05, 3.63) is 107 Å². The van der Waals surface area contributed by atoms with Gasteiger partial charge in [0.1, 0.15) is 18.7 Å². The maximum Gasteiger partial charge on any atom is 0.211 e. The Morgan fingerprint density at radius 1 is 1.05 bits per heavy atom. The zero-order valence-electron chi connectivity index (χ0n) is 22.9. The fourth-order valence-electron chi connectivity index (χ4n) is 5.50. The van der Waals surface area contributed by atoms with Crippen molar-refractivity contribution in [2.75, 3.05) is 5.75 Å². The van der Waals surface area contributed by atoms with Gasteiger partial charge >= 0.3 is 0 Å². The number of aromatic nitrogens is 1. The summed E-state index contributed by atoms with van der Waals surface area (Å²) in [6, 6.07) is 15.3. The molecule has 4 aromatic rings. The van der Waals surface area contributed by atoms with E-state index in [0.717, 1.165) is 11.6 Å². The van der Waals surface area contributed by atoms with E-state index in [0.29, 0.717) is 42.8 Å². The molecule has 1 fully saturated rings. The fraction of sp³-hybridized carbons (Fsp3) is 0.323. The first-order valence-corrected chi connectivity index (χ1v) is 15.8. The van der Waals surface area contributed by atoms with Crippen LogP contribution < -0.4 is 9.46 Å². The predicted molar refractivity (Wildman–Crippen MR) is 154 cm³/mol. The lowest BCUT2D eigenvalue weighted by Crippen LogP contribution is -2.36. The maximum absolute atomic E-state index is 15.3. The summed E-state index contributed by atoms with van der Waals surface area (Å²) in [6.07, 6.45) is 3.30. The number of nitrogens with zero attached hydrogens (tertiary/aromatic N) is 1. The molecule has 1 saturated carbocycles. The van der Waals surface area contributed by atoms with E-state index < -0.39 is 32.9 Å². The second-order valence-electron chi connectivity index (χ2n) is 10.5. The van der Waals surface area contributed by atoms with Crippen LogP contribution in [0.3, 0.4) is 0 Å². The van der Waals surface area contributed by atoms with Gasteiger partial charge in [-0.25, -0.2) is 26.9 Å². The minimum Gasteiger partial charge on any atom is -0.485 e. The first kappa shape index (κ1) is 30.1. The molecular weight excluding hydrogens is 589 g/mol. The van der Waals surface area contributed by atoms with Crippen molar-refractivity contribution in [1.29, 1.82) is 0 Å². The molecule has 0 amide bonds. The van der Waals surface area contributed by atoms with Crippen molar-refractivity contribution < 1.29 is 30.7 Å². The highest BCUT2D eigenvalue weighted by molar-refractivity contribution is 7.89. The topological polar surface area (TPSA) is 81.4 Å². The van der Waals surface area contributed by atoms with Gasteiger partial charge in [-0.15, -0.1) is 11.6 Å². The zero-order chi connectivity index (χ0) is 29.9. The van der Waals surface area contributed by atoms with Gasteiger partial charge in [0.15, 0.2) is 11.6 Å². The summed E-state index contributed by atoms with van der Waals surface area (Å²) >= 11 is 5.97. The monoisotopic (exact) mass is 618 g/mol. The lowest BCUT2D eigenvalue weighted by Gasteiger charge is -2.27. The Bertz CT molecular complexity index is 1670. The van der Waals surface area contributed by atoms with Gasteiger partial charge < -0.3 is 9.15 Å². The number of hydrogen-bond acceptors (Lipinski definition) is 5. The third-order valence-corrected chi connectivity index (χ3v) is 9.34. The molecule has 0 aliphatic heterocycles. The second kappa shape index (κ2) is 12.5. The number of nitrogens with one attached hydrogen (secondary N) is 1. The van der Waals surface area contributed by atoms with E-state index in [1.54, 1.807) is 43.3 Å². The molecule has 3 aromatic carbocycles. The normalized spacial score (nSPS) is 18.8.